The molecular weight excluding hydrogens is 474 g/mol. The number of hydrogen-bond acceptors (Lipinski definition) is 6. The van der Waals surface area contributed by atoms with Gasteiger partial charge >= 0.3 is 11.9 Å². The molecular formula is C29H43NO7. The first kappa shape index (κ1) is 27.8. The number of aliphatic hydroxyl groups excluding tert-OH is 1. The molecule has 206 valence electrons. The molecule has 4 rings (SSSR count). The Balaban J connectivity index is 1.30. The number of carboxylic acids is 1. The van der Waals surface area contributed by atoms with Crippen LogP contribution < -0.4 is 5.32 Å². The lowest BCUT2D eigenvalue weighted by Gasteiger charge is -2.57. The number of amides is 1. The minimum absolute atomic E-state index is 0.0107. The van der Waals surface area contributed by atoms with Gasteiger partial charge in [0.2, 0.25) is 5.91 Å². The summed E-state index contributed by atoms with van der Waals surface area (Å²) in [4.78, 5) is 48.0. The largest absolute Gasteiger partial charge is 0.479 e. The lowest BCUT2D eigenvalue weighted by atomic mass is 9.47. The Hall–Kier alpha value is -2.22. The molecule has 1 amide bonds. The predicted molar refractivity (Wildman–Crippen MR) is 136 cm³/mol. The van der Waals surface area contributed by atoms with E-state index in [-0.39, 0.29) is 54.0 Å². The second kappa shape index (κ2) is 10.2. The van der Waals surface area contributed by atoms with Crippen LogP contribution in [0.1, 0.15) is 91.9 Å². The second-order valence-corrected chi connectivity index (χ2v) is 13.1. The zero-order valence-corrected chi connectivity index (χ0v) is 22.7. The molecule has 37 heavy (non-hydrogen) atoms. The van der Waals surface area contributed by atoms with Gasteiger partial charge in [-0.2, -0.15) is 0 Å². The van der Waals surface area contributed by atoms with Crippen LogP contribution in [0, 0.1) is 34.0 Å². The number of aliphatic hydroxyl groups is 1. The highest BCUT2D eigenvalue weighted by molar-refractivity contribution is 5.91. The number of carbonyl (C=O) groups excluding carboxylic acids is 3. The van der Waals surface area contributed by atoms with Crippen molar-refractivity contribution in [2.24, 2.45) is 34.0 Å². The molecule has 3 fully saturated rings. The smallest absolute Gasteiger partial charge is 0.333 e. The Morgan fingerprint density at radius 2 is 1.81 bits per heavy atom. The van der Waals surface area contributed by atoms with E-state index in [0.29, 0.717) is 24.2 Å². The summed E-state index contributed by atoms with van der Waals surface area (Å²) in [6, 6.07) is 0. The fraction of sp³-hybridized carbons (Fsp3) is 0.793. The van der Waals surface area contributed by atoms with E-state index < -0.39 is 17.5 Å². The van der Waals surface area contributed by atoms with Crippen molar-refractivity contribution in [2.45, 2.75) is 104 Å². The molecule has 8 heteroatoms. The van der Waals surface area contributed by atoms with Gasteiger partial charge in [-0.1, -0.05) is 33.3 Å². The molecule has 0 aliphatic heterocycles. The van der Waals surface area contributed by atoms with Crippen LogP contribution in [0.5, 0.6) is 0 Å². The number of carbonyl (C=O) groups is 4. The maximum Gasteiger partial charge on any atom is 0.333 e. The molecule has 0 heterocycles. The molecule has 0 radical (unpaired) electrons. The SMILES string of the molecule is CC(C)(CNC(=O)CCC(=O)OC1CCC2C3CCC4=CC(=O)CC[C@]4(C)C3CC[C@]12C)C(O)C(=O)O. The fourth-order valence-electron chi connectivity index (χ4n) is 7.98. The summed E-state index contributed by atoms with van der Waals surface area (Å²) in [6.07, 6.45) is 7.82. The number of ether oxygens (including phenoxy) is 1. The van der Waals surface area contributed by atoms with Gasteiger partial charge in [-0.25, -0.2) is 4.79 Å². The summed E-state index contributed by atoms with van der Waals surface area (Å²) in [5.74, 6) is -0.132. The molecule has 8 nitrogen and oxygen atoms in total. The predicted octanol–water partition coefficient (Wildman–Crippen LogP) is 3.80. The average molecular weight is 518 g/mol. The third-order valence-corrected chi connectivity index (χ3v) is 10.4. The van der Waals surface area contributed by atoms with Crippen LogP contribution in [0.15, 0.2) is 11.6 Å². The number of hydrogen-bond donors (Lipinski definition) is 3. The van der Waals surface area contributed by atoms with Crippen LogP contribution >= 0.6 is 0 Å². The van der Waals surface area contributed by atoms with Crippen LogP contribution in [-0.4, -0.2) is 52.6 Å². The quantitative estimate of drug-likeness (QED) is 0.418. The summed E-state index contributed by atoms with van der Waals surface area (Å²) in [7, 11) is 0. The zero-order chi connectivity index (χ0) is 27.2. The van der Waals surface area contributed by atoms with E-state index >= 15 is 0 Å². The van der Waals surface area contributed by atoms with Gasteiger partial charge in [0.05, 0.1) is 6.42 Å². The monoisotopic (exact) mass is 517 g/mol. The molecule has 0 aromatic heterocycles. The first-order valence-corrected chi connectivity index (χ1v) is 13.9. The van der Waals surface area contributed by atoms with Crippen molar-refractivity contribution in [3.05, 3.63) is 11.6 Å². The molecule has 4 aliphatic carbocycles. The first-order valence-electron chi connectivity index (χ1n) is 13.9. The summed E-state index contributed by atoms with van der Waals surface area (Å²) in [5, 5.41) is 21.4. The standard InChI is InChI=1S/C29H43NO7/c1-27(2,25(34)26(35)36)16-30-23(32)9-10-24(33)37-22-8-7-20-19-6-5-17-15-18(31)11-13-28(17,3)21(19)12-14-29(20,22)4/h15,19-22,25,34H,5-14,16H2,1-4H3,(H,30,32)(H,35,36)/t19?,20?,21?,22?,25?,28-,29-/m0/s1. The van der Waals surface area contributed by atoms with Gasteiger partial charge in [-0.15, -0.1) is 0 Å². The summed E-state index contributed by atoms with van der Waals surface area (Å²) in [6.45, 7) is 7.75. The highest BCUT2D eigenvalue weighted by Crippen LogP contribution is 2.65. The average Bonchev–Trinajstić information content (AvgIpc) is 3.17. The highest BCUT2D eigenvalue weighted by Gasteiger charge is 2.60. The normalized spacial score (nSPS) is 35.9. The molecule has 0 aromatic rings. The highest BCUT2D eigenvalue weighted by atomic mass is 16.5. The minimum Gasteiger partial charge on any atom is -0.479 e. The molecule has 7 atom stereocenters. The van der Waals surface area contributed by atoms with E-state index in [1.165, 1.54) is 5.57 Å². The van der Waals surface area contributed by atoms with Crippen molar-refractivity contribution in [2.75, 3.05) is 6.54 Å². The number of nitrogens with one attached hydrogen (secondary N) is 1. The number of aliphatic carboxylic acids is 1. The number of carboxylic acid groups (broad SMARTS) is 1. The number of ketones is 1. The minimum atomic E-state index is -1.60. The first-order chi connectivity index (χ1) is 17.3. The second-order valence-electron chi connectivity index (χ2n) is 13.1. The van der Waals surface area contributed by atoms with E-state index in [2.05, 4.69) is 19.2 Å². The van der Waals surface area contributed by atoms with Crippen LogP contribution in [0.2, 0.25) is 0 Å². The lowest BCUT2D eigenvalue weighted by molar-refractivity contribution is -0.160. The number of fused-ring (bicyclic) bond motifs is 5. The van der Waals surface area contributed by atoms with Gasteiger partial charge in [0.25, 0.3) is 0 Å². The molecule has 3 N–H and O–H groups in total. The molecule has 4 aliphatic rings. The van der Waals surface area contributed by atoms with E-state index in [9.17, 15) is 24.3 Å². The Bertz CT molecular complexity index is 987. The van der Waals surface area contributed by atoms with Gasteiger partial charge in [0, 0.05) is 30.2 Å². The zero-order valence-electron chi connectivity index (χ0n) is 22.7. The van der Waals surface area contributed by atoms with Gasteiger partial charge in [-0.05, 0) is 74.2 Å². The van der Waals surface area contributed by atoms with Crippen LogP contribution in [0.3, 0.4) is 0 Å². The molecule has 0 spiro atoms. The Morgan fingerprint density at radius 3 is 2.51 bits per heavy atom. The summed E-state index contributed by atoms with van der Waals surface area (Å²) in [5.41, 5.74) is 0.385. The maximum absolute atomic E-state index is 12.7. The van der Waals surface area contributed by atoms with Crippen molar-refractivity contribution in [3.8, 4) is 0 Å². The molecule has 5 unspecified atom stereocenters. The fourth-order valence-corrected chi connectivity index (χ4v) is 7.98. The van der Waals surface area contributed by atoms with Crippen LogP contribution in [0.25, 0.3) is 0 Å². The van der Waals surface area contributed by atoms with Crippen molar-refractivity contribution in [1.82, 2.24) is 5.32 Å². The van der Waals surface area contributed by atoms with E-state index in [0.717, 1.165) is 44.9 Å². The van der Waals surface area contributed by atoms with Crippen molar-refractivity contribution in [1.29, 1.82) is 0 Å². The molecule has 0 aromatic carbocycles. The third-order valence-electron chi connectivity index (χ3n) is 10.4. The van der Waals surface area contributed by atoms with Crippen molar-refractivity contribution in [3.63, 3.8) is 0 Å². The summed E-state index contributed by atoms with van der Waals surface area (Å²) < 4.78 is 5.98. The van der Waals surface area contributed by atoms with Crippen molar-refractivity contribution >= 4 is 23.6 Å². The maximum atomic E-state index is 12.7. The van der Waals surface area contributed by atoms with Gasteiger partial charge in [0.1, 0.15) is 6.10 Å². The summed E-state index contributed by atoms with van der Waals surface area (Å²) >= 11 is 0. The van der Waals surface area contributed by atoms with E-state index in [1.54, 1.807) is 13.8 Å². The topological polar surface area (TPSA) is 130 Å². The lowest BCUT2D eigenvalue weighted by Crippen LogP contribution is -2.51. The Morgan fingerprint density at radius 1 is 1.08 bits per heavy atom. The van der Waals surface area contributed by atoms with Gasteiger partial charge in [-0.3, -0.25) is 14.4 Å². The number of rotatable bonds is 8. The number of allylic oxidation sites excluding steroid dienone is 1. The molecule has 3 saturated carbocycles. The van der Waals surface area contributed by atoms with E-state index in [4.69, 9.17) is 9.84 Å². The third kappa shape index (κ3) is 5.23. The molecule has 0 bridgehead atoms. The molecule has 0 saturated heterocycles. The van der Waals surface area contributed by atoms with Gasteiger partial charge < -0.3 is 20.3 Å². The van der Waals surface area contributed by atoms with Gasteiger partial charge in [0.15, 0.2) is 11.9 Å². The van der Waals surface area contributed by atoms with Crippen LogP contribution in [-0.2, 0) is 23.9 Å². The Labute approximate surface area is 219 Å². The number of esters is 1. The Kier molecular flexibility index (Phi) is 7.63. The van der Waals surface area contributed by atoms with Crippen molar-refractivity contribution < 1.29 is 34.1 Å². The van der Waals surface area contributed by atoms with E-state index in [1.807, 2.05) is 6.08 Å². The van der Waals surface area contributed by atoms with Crippen LogP contribution in [0.4, 0.5) is 0 Å².